The maximum Gasteiger partial charge on any atom is 0.230 e. The van der Waals surface area contributed by atoms with Crippen molar-refractivity contribution < 1.29 is 9.59 Å². The summed E-state index contributed by atoms with van der Waals surface area (Å²) in [6.45, 7) is 3.56. The molecule has 0 aromatic rings. The molecule has 108 valence electrons. The summed E-state index contributed by atoms with van der Waals surface area (Å²) in [5.74, 6) is 0.191. The topological polar surface area (TPSA) is 75.4 Å². The van der Waals surface area contributed by atoms with Crippen molar-refractivity contribution in [2.75, 3.05) is 26.7 Å². The van der Waals surface area contributed by atoms with Crippen molar-refractivity contribution in [1.82, 2.24) is 10.2 Å². The van der Waals surface area contributed by atoms with E-state index in [4.69, 9.17) is 5.73 Å². The fourth-order valence-electron chi connectivity index (χ4n) is 3.51. The fraction of sp³-hybridized carbons (Fsp3) is 0.857. The number of nitrogens with two attached hydrogens (primary N) is 1. The molecule has 19 heavy (non-hydrogen) atoms. The molecule has 0 radical (unpaired) electrons. The van der Waals surface area contributed by atoms with Gasteiger partial charge in [-0.2, -0.15) is 0 Å². The van der Waals surface area contributed by atoms with Gasteiger partial charge in [-0.3, -0.25) is 9.59 Å². The highest BCUT2D eigenvalue weighted by atomic mass is 16.2. The molecule has 0 spiro atoms. The van der Waals surface area contributed by atoms with Crippen molar-refractivity contribution in [2.45, 2.75) is 39.0 Å². The predicted octanol–water partition coefficient (Wildman–Crippen LogP) is 0.490. The number of carbonyl (C=O) groups excluding carboxylic acids is 2. The van der Waals surface area contributed by atoms with Gasteiger partial charge in [0.15, 0.2) is 0 Å². The lowest BCUT2D eigenvalue weighted by Crippen LogP contribution is -2.47. The molecule has 1 aliphatic carbocycles. The van der Waals surface area contributed by atoms with Crippen LogP contribution in [0.2, 0.25) is 0 Å². The summed E-state index contributed by atoms with van der Waals surface area (Å²) in [6.07, 6.45) is 4.71. The second-order valence-electron chi connectivity index (χ2n) is 6.31. The zero-order valence-corrected chi connectivity index (χ0v) is 12.0. The number of nitrogens with zero attached hydrogens (tertiary/aromatic N) is 1. The molecule has 1 atom stereocenters. The molecule has 0 aromatic carbocycles. The van der Waals surface area contributed by atoms with Gasteiger partial charge in [0.2, 0.25) is 11.8 Å². The van der Waals surface area contributed by atoms with Gasteiger partial charge in [-0.25, -0.2) is 0 Å². The van der Waals surface area contributed by atoms with Gasteiger partial charge in [0, 0.05) is 26.7 Å². The van der Waals surface area contributed by atoms with E-state index in [-0.39, 0.29) is 17.2 Å². The first-order valence-corrected chi connectivity index (χ1v) is 7.19. The lowest BCUT2D eigenvalue weighted by molar-refractivity contribution is -0.141. The molecule has 1 unspecified atom stereocenters. The second kappa shape index (κ2) is 5.12. The molecule has 1 saturated heterocycles. The average molecular weight is 267 g/mol. The molecule has 2 fully saturated rings. The van der Waals surface area contributed by atoms with Gasteiger partial charge in [-0.15, -0.1) is 0 Å². The number of hydrogen-bond acceptors (Lipinski definition) is 3. The molecule has 1 saturated carbocycles. The number of amides is 2. The quantitative estimate of drug-likeness (QED) is 0.781. The molecule has 5 heteroatoms. The molecule has 2 amide bonds. The first kappa shape index (κ1) is 14.3. The van der Waals surface area contributed by atoms with Gasteiger partial charge >= 0.3 is 0 Å². The number of rotatable bonds is 3. The summed E-state index contributed by atoms with van der Waals surface area (Å²) in [4.78, 5) is 26.5. The van der Waals surface area contributed by atoms with E-state index in [0.29, 0.717) is 19.6 Å². The van der Waals surface area contributed by atoms with Crippen LogP contribution in [0, 0.1) is 10.8 Å². The van der Waals surface area contributed by atoms with Gasteiger partial charge in [0.05, 0.1) is 10.8 Å². The zero-order chi connectivity index (χ0) is 14.1. The Bertz CT molecular complexity index is 377. The van der Waals surface area contributed by atoms with E-state index in [2.05, 4.69) is 5.32 Å². The molecule has 1 aliphatic heterocycles. The van der Waals surface area contributed by atoms with Gasteiger partial charge in [-0.05, 0) is 26.2 Å². The van der Waals surface area contributed by atoms with Crippen molar-refractivity contribution in [3.05, 3.63) is 0 Å². The molecule has 2 rings (SSSR count). The SMILES string of the molecule is CNC(=O)C1(C)CCN(C(=O)C2(CN)CCCC2)C1. The van der Waals surface area contributed by atoms with Crippen molar-refractivity contribution in [3.63, 3.8) is 0 Å². The van der Waals surface area contributed by atoms with Crippen molar-refractivity contribution >= 4 is 11.8 Å². The minimum atomic E-state index is -0.446. The van der Waals surface area contributed by atoms with Crippen LogP contribution < -0.4 is 11.1 Å². The van der Waals surface area contributed by atoms with E-state index in [0.717, 1.165) is 32.1 Å². The summed E-state index contributed by atoms with van der Waals surface area (Å²) in [7, 11) is 1.65. The first-order chi connectivity index (χ1) is 8.97. The third-order valence-electron chi connectivity index (χ3n) is 4.94. The molecule has 1 heterocycles. The Hall–Kier alpha value is -1.10. The second-order valence-corrected chi connectivity index (χ2v) is 6.31. The summed E-state index contributed by atoms with van der Waals surface area (Å²) in [5.41, 5.74) is 5.07. The van der Waals surface area contributed by atoms with E-state index in [1.54, 1.807) is 7.05 Å². The number of hydrogen-bond donors (Lipinski definition) is 2. The monoisotopic (exact) mass is 267 g/mol. The van der Waals surface area contributed by atoms with Crippen molar-refractivity contribution in [2.24, 2.45) is 16.6 Å². The maximum absolute atomic E-state index is 12.7. The van der Waals surface area contributed by atoms with E-state index in [9.17, 15) is 9.59 Å². The number of nitrogens with one attached hydrogen (secondary N) is 1. The van der Waals surface area contributed by atoms with Gasteiger partial charge in [-0.1, -0.05) is 12.8 Å². The van der Waals surface area contributed by atoms with E-state index < -0.39 is 5.41 Å². The van der Waals surface area contributed by atoms with Crippen molar-refractivity contribution in [1.29, 1.82) is 0 Å². The Kier molecular flexibility index (Phi) is 3.85. The summed E-state index contributed by atoms with van der Waals surface area (Å²) >= 11 is 0. The molecular formula is C14H25N3O2. The van der Waals surface area contributed by atoms with Crippen LogP contribution in [-0.2, 0) is 9.59 Å². The molecular weight excluding hydrogens is 242 g/mol. The van der Waals surface area contributed by atoms with Crippen LogP contribution in [0.3, 0.4) is 0 Å². The minimum absolute atomic E-state index is 0.0241. The Morgan fingerprint density at radius 1 is 1.26 bits per heavy atom. The third-order valence-corrected chi connectivity index (χ3v) is 4.94. The van der Waals surface area contributed by atoms with Crippen LogP contribution in [0.15, 0.2) is 0 Å². The minimum Gasteiger partial charge on any atom is -0.359 e. The van der Waals surface area contributed by atoms with Crippen LogP contribution in [0.25, 0.3) is 0 Å². The standard InChI is InChI=1S/C14H25N3O2/c1-13(11(18)16-2)7-8-17(10-13)12(19)14(9-15)5-3-4-6-14/h3-10,15H2,1-2H3,(H,16,18). The Morgan fingerprint density at radius 2 is 1.89 bits per heavy atom. The molecule has 2 aliphatic rings. The van der Waals surface area contributed by atoms with Crippen LogP contribution in [0.1, 0.15) is 39.0 Å². The molecule has 0 bridgehead atoms. The normalized spacial score (nSPS) is 29.5. The van der Waals surface area contributed by atoms with Crippen molar-refractivity contribution in [3.8, 4) is 0 Å². The lowest BCUT2D eigenvalue weighted by Gasteiger charge is -2.32. The van der Waals surface area contributed by atoms with Crippen LogP contribution >= 0.6 is 0 Å². The Labute approximate surface area is 114 Å². The third kappa shape index (κ3) is 2.36. The smallest absolute Gasteiger partial charge is 0.230 e. The predicted molar refractivity (Wildman–Crippen MR) is 73.3 cm³/mol. The summed E-state index contributed by atoms with van der Waals surface area (Å²) in [5, 5.41) is 2.70. The van der Waals surface area contributed by atoms with Crippen LogP contribution in [-0.4, -0.2) is 43.4 Å². The van der Waals surface area contributed by atoms with E-state index in [1.807, 2.05) is 11.8 Å². The highest BCUT2D eigenvalue weighted by Gasteiger charge is 2.48. The number of likely N-dealkylation sites (tertiary alicyclic amines) is 1. The number of carbonyl (C=O) groups is 2. The Balaban J connectivity index is 2.08. The lowest BCUT2D eigenvalue weighted by atomic mass is 9.84. The molecule has 0 aromatic heterocycles. The fourth-order valence-corrected chi connectivity index (χ4v) is 3.51. The highest BCUT2D eigenvalue weighted by Crippen LogP contribution is 2.41. The van der Waals surface area contributed by atoms with Crippen LogP contribution in [0.4, 0.5) is 0 Å². The maximum atomic E-state index is 12.7. The summed E-state index contributed by atoms with van der Waals surface area (Å²) < 4.78 is 0. The van der Waals surface area contributed by atoms with Gasteiger partial charge in [0.25, 0.3) is 0 Å². The molecule has 5 nitrogen and oxygen atoms in total. The van der Waals surface area contributed by atoms with Gasteiger partial charge in [0.1, 0.15) is 0 Å². The zero-order valence-electron chi connectivity index (χ0n) is 12.0. The largest absolute Gasteiger partial charge is 0.359 e. The molecule has 3 N–H and O–H groups in total. The Morgan fingerprint density at radius 3 is 2.42 bits per heavy atom. The van der Waals surface area contributed by atoms with E-state index in [1.165, 1.54) is 0 Å². The average Bonchev–Trinajstić information content (AvgIpc) is 3.05. The van der Waals surface area contributed by atoms with E-state index >= 15 is 0 Å². The van der Waals surface area contributed by atoms with Crippen LogP contribution in [0.5, 0.6) is 0 Å². The first-order valence-electron chi connectivity index (χ1n) is 7.19. The highest BCUT2D eigenvalue weighted by molar-refractivity contribution is 5.87. The summed E-state index contributed by atoms with van der Waals surface area (Å²) in [6, 6.07) is 0. The van der Waals surface area contributed by atoms with Gasteiger partial charge < -0.3 is 16.0 Å².